The number of hydrogen-bond acceptors (Lipinski definition) is 8. The molecule has 7 rings (SSSR count). The number of imide groups is 3. The molecule has 3 aromatic carbocycles. The first-order chi connectivity index (χ1) is 23.1. The molecule has 2 fully saturated rings. The molecule has 0 spiro atoms. The third kappa shape index (κ3) is 4.43. The van der Waals surface area contributed by atoms with E-state index >= 15 is 4.79 Å². The van der Waals surface area contributed by atoms with Gasteiger partial charge in [0, 0.05) is 21.9 Å². The number of likely N-dealkylation sites (tertiary alicyclic amines) is 1. The Bertz CT molecular complexity index is 1970. The summed E-state index contributed by atoms with van der Waals surface area (Å²) in [6, 6.07) is 19.8. The second-order valence-electron chi connectivity index (χ2n) is 12.4. The van der Waals surface area contributed by atoms with Gasteiger partial charge in [-0.05, 0) is 79.5 Å². The molecule has 1 N–H and O–H groups in total. The number of phenols is 1. The van der Waals surface area contributed by atoms with Crippen molar-refractivity contribution in [2.24, 2.45) is 23.7 Å². The van der Waals surface area contributed by atoms with Crippen LogP contribution in [0.5, 0.6) is 11.5 Å². The molecule has 9 nitrogen and oxygen atoms in total. The number of Topliss-reactive ketones (excluding diaryl/α,β-unsaturated/α-hetero) is 1. The Kier molecular flexibility index (Phi) is 8.03. The molecule has 3 aromatic rings. The average Bonchev–Trinajstić information content (AvgIpc) is 3.37. The van der Waals surface area contributed by atoms with Gasteiger partial charge in [-0.15, -0.1) is 0 Å². The largest absolute Gasteiger partial charge is 0.503 e. The second kappa shape index (κ2) is 12.0. The maximum atomic E-state index is 15.1. The summed E-state index contributed by atoms with van der Waals surface area (Å²) in [6.07, 6.45) is 2.48. The van der Waals surface area contributed by atoms with Crippen LogP contribution in [0.15, 0.2) is 93.4 Å². The van der Waals surface area contributed by atoms with Crippen molar-refractivity contribution in [2.45, 2.75) is 24.2 Å². The van der Waals surface area contributed by atoms with Gasteiger partial charge in [-0.1, -0.05) is 72.3 Å². The number of phenolic OH excluding ortho intramolecular Hbond substituents is 1. The maximum Gasteiger partial charge on any atom is 0.423 e. The topological polar surface area (TPSA) is 127 Å². The van der Waals surface area contributed by atoms with Gasteiger partial charge in [-0.2, -0.15) is 4.90 Å². The van der Waals surface area contributed by atoms with Crippen molar-refractivity contribution < 1.29 is 38.6 Å². The van der Waals surface area contributed by atoms with Gasteiger partial charge < -0.3 is 14.6 Å². The predicted molar refractivity (Wildman–Crippen MR) is 181 cm³/mol. The monoisotopic (exact) mass is 773 g/mol. The van der Waals surface area contributed by atoms with Crippen LogP contribution >= 0.6 is 31.9 Å². The molecule has 0 aromatic heterocycles. The van der Waals surface area contributed by atoms with Gasteiger partial charge in [-0.3, -0.25) is 19.2 Å². The van der Waals surface area contributed by atoms with E-state index in [1.165, 1.54) is 13.2 Å². The number of methoxy groups -OCH3 is 2. The number of amides is 3. The Labute approximate surface area is 292 Å². The zero-order valence-electron chi connectivity index (χ0n) is 25.8. The van der Waals surface area contributed by atoms with Crippen LogP contribution in [0.25, 0.3) is 5.57 Å². The summed E-state index contributed by atoms with van der Waals surface area (Å²) in [5, 5.41) is 10.9. The number of ketones is 2. The lowest BCUT2D eigenvalue weighted by atomic mass is 9.44. The summed E-state index contributed by atoms with van der Waals surface area (Å²) >= 11 is 7.15. The van der Waals surface area contributed by atoms with Crippen molar-refractivity contribution in [2.75, 3.05) is 14.2 Å². The third-order valence-electron chi connectivity index (χ3n) is 10.4. The lowest BCUT2D eigenvalue weighted by Crippen LogP contribution is -2.59. The molecule has 0 radical (unpaired) electrons. The number of ether oxygens (including phenoxy) is 2. The van der Waals surface area contributed by atoms with E-state index in [9.17, 15) is 24.3 Å². The number of hydrogen-bond donors (Lipinski definition) is 1. The quantitative estimate of drug-likeness (QED) is 0.235. The summed E-state index contributed by atoms with van der Waals surface area (Å²) in [5.41, 5.74) is 1.23. The maximum absolute atomic E-state index is 15.1. The molecule has 48 heavy (non-hydrogen) atoms. The van der Waals surface area contributed by atoms with Crippen molar-refractivity contribution in [1.82, 2.24) is 4.90 Å². The number of allylic oxidation sites excluding steroid dienone is 4. The van der Waals surface area contributed by atoms with E-state index in [-0.39, 0.29) is 46.0 Å². The van der Waals surface area contributed by atoms with Crippen molar-refractivity contribution >= 4 is 66.9 Å². The molecule has 6 atom stereocenters. The van der Waals surface area contributed by atoms with Crippen molar-refractivity contribution in [3.05, 3.63) is 110 Å². The van der Waals surface area contributed by atoms with Crippen LogP contribution < -0.4 is 4.74 Å². The van der Waals surface area contributed by atoms with Crippen LogP contribution in [0.4, 0.5) is 4.79 Å². The summed E-state index contributed by atoms with van der Waals surface area (Å²) in [5.74, 6) is -6.21. The highest BCUT2D eigenvalue weighted by atomic mass is 79.9. The Hall–Kier alpha value is -4.35. The molecular formula is C37H29Br2NO8. The lowest BCUT2D eigenvalue weighted by molar-refractivity contribution is -0.138. The smallest absolute Gasteiger partial charge is 0.423 e. The van der Waals surface area contributed by atoms with Crippen LogP contribution in [0.3, 0.4) is 0 Å². The molecule has 6 unspecified atom stereocenters. The molecule has 4 aliphatic rings. The summed E-state index contributed by atoms with van der Waals surface area (Å²) < 4.78 is 11.1. The van der Waals surface area contributed by atoms with Crippen LogP contribution in [-0.4, -0.2) is 53.7 Å². The van der Waals surface area contributed by atoms with E-state index in [1.54, 1.807) is 30.3 Å². The van der Waals surface area contributed by atoms with Crippen LogP contribution in [0.1, 0.15) is 35.4 Å². The number of halogens is 2. The van der Waals surface area contributed by atoms with Gasteiger partial charge in [0.05, 0.1) is 35.9 Å². The fraction of sp³-hybridized carbons (Fsp3) is 0.270. The molecule has 244 valence electrons. The minimum absolute atomic E-state index is 0.0786. The summed E-state index contributed by atoms with van der Waals surface area (Å²) in [4.78, 5) is 70.8. The van der Waals surface area contributed by atoms with E-state index in [2.05, 4.69) is 31.9 Å². The first-order valence-electron chi connectivity index (χ1n) is 15.4. The van der Waals surface area contributed by atoms with E-state index in [1.807, 2.05) is 42.5 Å². The molecule has 1 aliphatic heterocycles. The van der Waals surface area contributed by atoms with Crippen molar-refractivity contribution in [3.8, 4) is 11.5 Å². The highest BCUT2D eigenvalue weighted by Gasteiger charge is 2.66. The van der Waals surface area contributed by atoms with E-state index < -0.39 is 52.9 Å². The van der Waals surface area contributed by atoms with Gasteiger partial charge in [-0.25, -0.2) is 4.79 Å². The van der Waals surface area contributed by atoms with Crippen molar-refractivity contribution in [3.63, 3.8) is 0 Å². The van der Waals surface area contributed by atoms with Crippen LogP contribution in [0, 0.1) is 23.7 Å². The van der Waals surface area contributed by atoms with Gasteiger partial charge >= 0.3 is 6.09 Å². The number of rotatable bonds is 4. The number of aromatic hydroxyl groups is 1. The Morgan fingerprint density at radius 2 is 1.58 bits per heavy atom. The van der Waals surface area contributed by atoms with E-state index in [0.29, 0.717) is 31.6 Å². The average molecular weight is 775 g/mol. The van der Waals surface area contributed by atoms with Gasteiger partial charge in [0.15, 0.2) is 23.1 Å². The highest BCUT2D eigenvalue weighted by molar-refractivity contribution is 9.13. The van der Waals surface area contributed by atoms with E-state index in [0.717, 1.165) is 7.11 Å². The zero-order valence-corrected chi connectivity index (χ0v) is 29.0. The summed E-state index contributed by atoms with van der Waals surface area (Å²) in [7, 11) is 2.52. The number of fused-ring (bicyclic) bond motifs is 4. The minimum atomic E-state index is -1.48. The molecule has 3 amide bonds. The third-order valence-corrected chi connectivity index (χ3v) is 12.6. The normalized spacial score (nSPS) is 27.8. The highest BCUT2D eigenvalue weighted by Crippen LogP contribution is 2.65. The van der Waals surface area contributed by atoms with Gasteiger partial charge in [0.1, 0.15) is 0 Å². The number of carbonyl (C=O) groups is 5. The Morgan fingerprint density at radius 3 is 2.23 bits per heavy atom. The second-order valence-corrected chi connectivity index (χ2v) is 14.0. The lowest BCUT2D eigenvalue weighted by Gasteiger charge is -2.55. The van der Waals surface area contributed by atoms with E-state index in [4.69, 9.17) is 9.47 Å². The molecule has 11 heteroatoms. The zero-order chi connectivity index (χ0) is 34.1. The number of nitrogens with zero attached hydrogens (tertiary/aromatic N) is 1. The fourth-order valence-corrected chi connectivity index (χ4v) is 9.42. The summed E-state index contributed by atoms with van der Waals surface area (Å²) in [6.45, 7) is 0. The Morgan fingerprint density at radius 1 is 0.917 bits per heavy atom. The van der Waals surface area contributed by atoms with Gasteiger partial charge in [0.25, 0.3) is 0 Å². The van der Waals surface area contributed by atoms with Gasteiger partial charge in [0.2, 0.25) is 11.8 Å². The molecule has 1 saturated heterocycles. The minimum Gasteiger partial charge on any atom is -0.503 e. The fourth-order valence-electron chi connectivity index (χ4n) is 8.47. The number of carbonyl (C=O) groups excluding carboxylic acids is 5. The standard InChI is InChI=1S/C37H29Br2NO8/c1-47-26-16-24(30(38)31(39)33(26)43)29-20-13-14-21-28(35(45)40(34(21)44)36(46)48-2)23(20)15-25-32(42)22(18-9-5-3-6-10-18)17-27(41)37(25,29)19-11-7-4-8-12-19/h3-13,16-17,21,23,25,28-29,43H,14-15H2,1-2H3. The molecule has 1 heterocycles. The van der Waals surface area contributed by atoms with Crippen LogP contribution in [0.2, 0.25) is 0 Å². The Balaban J connectivity index is 1.55. The molecular weight excluding hydrogens is 746 g/mol. The predicted octanol–water partition coefficient (Wildman–Crippen LogP) is 6.52. The number of benzene rings is 3. The van der Waals surface area contributed by atoms with Crippen LogP contribution in [-0.2, 0) is 29.3 Å². The molecule has 3 aliphatic carbocycles. The molecule has 1 saturated carbocycles. The SMILES string of the molecule is COC(=O)N1C(=O)C2CC=C3C(CC4C(=O)C(c5ccccc5)=CC(=O)C4(c4ccccc4)C3c3cc(OC)c(O)c(Br)c3Br)C2C1=O. The molecule has 0 bridgehead atoms. The van der Waals surface area contributed by atoms with Crippen molar-refractivity contribution in [1.29, 1.82) is 0 Å². The first kappa shape index (κ1) is 32.2. The first-order valence-corrected chi connectivity index (χ1v) is 17.0.